The van der Waals surface area contributed by atoms with E-state index in [1.165, 1.54) is 0 Å². The molecule has 0 aliphatic rings. The maximum absolute atomic E-state index is 15.0. The number of nitrogens with one attached hydrogen (secondary N) is 1. The van der Waals surface area contributed by atoms with Gasteiger partial charge in [0.25, 0.3) is 0 Å². The van der Waals surface area contributed by atoms with Gasteiger partial charge in [-0.25, -0.2) is 13.6 Å². The highest BCUT2D eigenvalue weighted by Crippen LogP contribution is 2.41. The Morgan fingerprint density at radius 1 is 1.08 bits per heavy atom. The molecule has 0 aliphatic carbocycles. The van der Waals surface area contributed by atoms with Crippen molar-refractivity contribution in [2.24, 2.45) is 11.1 Å². The van der Waals surface area contributed by atoms with E-state index in [2.05, 4.69) is 5.32 Å². The maximum atomic E-state index is 15.0. The highest BCUT2D eigenvalue weighted by molar-refractivity contribution is 8.00. The lowest BCUT2D eigenvalue weighted by Gasteiger charge is -2.41. The van der Waals surface area contributed by atoms with E-state index >= 15 is 4.39 Å². The number of thioether (sulfide) groups is 1. The molecule has 0 aliphatic heterocycles. The van der Waals surface area contributed by atoms with Gasteiger partial charge >= 0.3 is 5.97 Å². The molecular formula is C35H46F2N4O6S. The normalized spacial score (nSPS) is 12.8. The number of aromatic nitrogens is 1. The first-order chi connectivity index (χ1) is 22.8. The number of nitrogens with two attached hydrogens (primary N) is 1. The molecule has 48 heavy (non-hydrogen) atoms. The van der Waals surface area contributed by atoms with E-state index in [1.807, 2.05) is 55.7 Å². The average molecular weight is 689 g/mol. The quantitative estimate of drug-likeness (QED) is 0.135. The van der Waals surface area contributed by atoms with Crippen LogP contribution in [0.25, 0.3) is 11.1 Å². The van der Waals surface area contributed by atoms with Crippen LogP contribution in [0.1, 0.15) is 50.9 Å². The van der Waals surface area contributed by atoms with Gasteiger partial charge in [0.15, 0.2) is 0 Å². The van der Waals surface area contributed by atoms with Crippen molar-refractivity contribution in [1.29, 1.82) is 0 Å². The van der Waals surface area contributed by atoms with E-state index < -0.39 is 41.0 Å². The van der Waals surface area contributed by atoms with E-state index in [9.17, 15) is 23.9 Å². The van der Waals surface area contributed by atoms with Gasteiger partial charge in [0.2, 0.25) is 11.8 Å². The van der Waals surface area contributed by atoms with E-state index in [4.69, 9.17) is 15.6 Å². The largest absolute Gasteiger partial charge is 0.480 e. The predicted molar refractivity (Wildman–Crippen MR) is 182 cm³/mol. The van der Waals surface area contributed by atoms with Crippen LogP contribution in [0.4, 0.5) is 8.78 Å². The average Bonchev–Trinajstić information content (AvgIpc) is 3.43. The van der Waals surface area contributed by atoms with Gasteiger partial charge in [-0.05, 0) is 48.2 Å². The predicted octanol–water partition coefficient (Wildman–Crippen LogP) is 4.45. The van der Waals surface area contributed by atoms with Gasteiger partial charge in [0.05, 0.1) is 31.6 Å². The van der Waals surface area contributed by atoms with Crippen molar-refractivity contribution in [1.82, 2.24) is 14.8 Å². The molecule has 0 bridgehead atoms. The number of ether oxygens (including phenoxy) is 1. The third-order valence-corrected chi connectivity index (χ3v) is 8.57. The summed E-state index contributed by atoms with van der Waals surface area (Å²) in [5.41, 5.74) is 7.62. The molecular weight excluding hydrogens is 642 g/mol. The fourth-order valence-corrected chi connectivity index (χ4v) is 6.31. The van der Waals surface area contributed by atoms with Crippen molar-refractivity contribution in [2.45, 2.75) is 52.2 Å². The van der Waals surface area contributed by atoms with Crippen LogP contribution in [0.5, 0.6) is 0 Å². The van der Waals surface area contributed by atoms with Crippen molar-refractivity contribution >= 4 is 29.5 Å². The number of rotatable bonds is 19. The summed E-state index contributed by atoms with van der Waals surface area (Å²) in [4.78, 5) is 39.9. The molecule has 3 aromatic rings. The number of carboxylic acids is 1. The molecule has 0 saturated carbocycles. The van der Waals surface area contributed by atoms with Crippen LogP contribution in [-0.2, 0) is 25.7 Å². The highest BCUT2D eigenvalue weighted by Gasteiger charge is 2.37. The van der Waals surface area contributed by atoms with Gasteiger partial charge in [-0.1, -0.05) is 51.1 Å². The number of aliphatic hydroxyl groups is 1. The molecule has 10 nitrogen and oxygen atoms in total. The van der Waals surface area contributed by atoms with Crippen LogP contribution in [-0.4, -0.2) is 87.9 Å². The summed E-state index contributed by atoms with van der Waals surface area (Å²) in [5, 5.41) is 20.9. The molecule has 5 N–H and O–H groups in total. The molecule has 3 rings (SSSR count). The van der Waals surface area contributed by atoms with Gasteiger partial charge in [-0.15, -0.1) is 11.8 Å². The number of hydrogen-bond donors (Lipinski definition) is 4. The summed E-state index contributed by atoms with van der Waals surface area (Å²) >= 11 is 1.09. The van der Waals surface area contributed by atoms with E-state index in [0.717, 1.165) is 41.2 Å². The second-order valence-corrected chi connectivity index (χ2v) is 13.5. The zero-order valence-corrected chi connectivity index (χ0v) is 28.5. The minimum absolute atomic E-state index is 0.0359. The first-order valence-corrected chi connectivity index (χ1v) is 17.0. The molecule has 2 atom stereocenters. The number of carbonyl (C=O) groups excluding carboxylic acids is 2. The Morgan fingerprint density at radius 3 is 2.46 bits per heavy atom. The number of carboxylic acid groups (broad SMARTS) is 1. The standard InChI is InChI=1S/C35H46F2N4O6S/c1-35(2,3)33(30-18-25(27-19-26(36)10-11-28(27)37)21-40(30)20-24-8-5-4-6-9-24)41(14-7-13-38)32(44)23-48-22-29(34(45)46)39-31(43)12-16-47-17-15-42/h4-6,8-11,18-19,21,29,33,42H,7,12-17,20,22-23,38H2,1-3H3,(H,39,43)(H,45,46)/t29-,33-/m0/s1. The van der Waals surface area contributed by atoms with Crippen molar-refractivity contribution in [2.75, 3.05) is 44.4 Å². The Kier molecular flexibility index (Phi) is 15.0. The number of aliphatic carboxylic acids is 1. The first kappa shape index (κ1) is 38.7. The second-order valence-electron chi connectivity index (χ2n) is 12.4. The van der Waals surface area contributed by atoms with Crippen LogP contribution in [0, 0.1) is 17.0 Å². The van der Waals surface area contributed by atoms with Gasteiger partial charge < -0.3 is 35.5 Å². The number of halogens is 2. The van der Waals surface area contributed by atoms with Crippen LogP contribution in [0.15, 0.2) is 60.8 Å². The number of carbonyl (C=O) groups is 3. The van der Waals surface area contributed by atoms with Gasteiger partial charge in [-0.3, -0.25) is 9.59 Å². The Labute approximate surface area is 284 Å². The maximum Gasteiger partial charge on any atom is 0.327 e. The third-order valence-electron chi connectivity index (χ3n) is 7.55. The van der Waals surface area contributed by atoms with Gasteiger partial charge in [0.1, 0.15) is 17.7 Å². The summed E-state index contributed by atoms with van der Waals surface area (Å²) in [6, 6.07) is 13.0. The van der Waals surface area contributed by atoms with Crippen LogP contribution >= 0.6 is 11.8 Å². The summed E-state index contributed by atoms with van der Waals surface area (Å²) in [5.74, 6) is -3.27. The Balaban J connectivity index is 1.92. The zero-order chi connectivity index (χ0) is 35.3. The summed E-state index contributed by atoms with van der Waals surface area (Å²) < 4.78 is 36.3. The fraction of sp³-hybridized carbons (Fsp3) is 0.457. The third kappa shape index (κ3) is 11.4. The van der Waals surface area contributed by atoms with Crippen molar-refractivity contribution < 1.29 is 38.1 Å². The lowest BCUT2D eigenvalue weighted by Crippen LogP contribution is -2.45. The van der Waals surface area contributed by atoms with Gasteiger partial charge in [0, 0.05) is 48.3 Å². The molecule has 0 unspecified atom stereocenters. The van der Waals surface area contributed by atoms with Crippen molar-refractivity contribution in [3.05, 3.63) is 83.7 Å². The molecule has 0 radical (unpaired) electrons. The molecule has 1 aromatic heterocycles. The molecule has 2 amide bonds. The minimum Gasteiger partial charge on any atom is -0.480 e. The van der Waals surface area contributed by atoms with E-state index in [-0.39, 0.29) is 49.2 Å². The van der Waals surface area contributed by atoms with E-state index in [0.29, 0.717) is 31.6 Å². The number of nitrogens with zero attached hydrogens (tertiary/aromatic N) is 2. The number of hydrogen-bond acceptors (Lipinski definition) is 7. The topological polar surface area (TPSA) is 147 Å². The van der Waals surface area contributed by atoms with Gasteiger partial charge in [-0.2, -0.15) is 0 Å². The molecule has 13 heteroatoms. The molecule has 0 spiro atoms. The number of benzene rings is 2. The summed E-state index contributed by atoms with van der Waals surface area (Å²) in [7, 11) is 0. The Morgan fingerprint density at radius 2 is 1.81 bits per heavy atom. The lowest BCUT2D eigenvalue weighted by molar-refractivity contribution is -0.141. The zero-order valence-electron chi connectivity index (χ0n) is 27.7. The Bertz CT molecular complexity index is 1500. The number of amides is 2. The van der Waals surface area contributed by atoms with Crippen molar-refractivity contribution in [3.8, 4) is 11.1 Å². The molecule has 0 saturated heterocycles. The van der Waals surface area contributed by atoms with Crippen LogP contribution in [0.3, 0.4) is 0 Å². The molecule has 2 aromatic carbocycles. The monoisotopic (exact) mass is 688 g/mol. The number of aliphatic hydroxyl groups excluding tert-OH is 1. The van der Waals surface area contributed by atoms with Crippen LogP contribution in [0.2, 0.25) is 0 Å². The molecule has 1 heterocycles. The first-order valence-electron chi connectivity index (χ1n) is 15.8. The summed E-state index contributed by atoms with van der Waals surface area (Å²) in [6.45, 7) is 6.96. The SMILES string of the molecule is CC(C)(C)[C@H](c1cc(-c2cc(F)ccc2F)cn1Cc1ccccc1)N(CCCN)C(=O)CSC[C@H](NC(=O)CCOCCO)C(=O)O. The smallest absolute Gasteiger partial charge is 0.327 e. The highest BCUT2D eigenvalue weighted by atomic mass is 32.2. The lowest BCUT2D eigenvalue weighted by atomic mass is 9.83. The molecule has 262 valence electrons. The second kappa shape index (κ2) is 18.7. The Hall–Kier alpha value is -3.78. The van der Waals surface area contributed by atoms with E-state index in [1.54, 1.807) is 17.2 Å². The minimum atomic E-state index is -1.23. The van der Waals surface area contributed by atoms with Crippen LogP contribution < -0.4 is 11.1 Å². The summed E-state index contributed by atoms with van der Waals surface area (Å²) in [6.07, 6.45) is 2.20. The molecule has 0 fully saturated rings. The fourth-order valence-electron chi connectivity index (χ4n) is 5.39. The van der Waals surface area contributed by atoms with Crippen molar-refractivity contribution in [3.63, 3.8) is 0 Å².